The zero-order chi connectivity index (χ0) is 16.0. The second kappa shape index (κ2) is 7.63. The Labute approximate surface area is 136 Å². The van der Waals surface area contributed by atoms with Crippen LogP contribution in [0.5, 0.6) is 0 Å². The van der Waals surface area contributed by atoms with Crippen molar-refractivity contribution in [3.05, 3.63) is 71.3 Å². The maximum absolute atomic E-state index is 2.47. The van der Waals surface area contributed by atoms with Crippen molar-refractivity contribution >= 4 is 0 Å². The van der Waals surface area contributed by atoms with Gasteiger partial charge in [0.05, 0.1) is 0 Å². The maximum Gasteiger partial charge on any atom is -0.000676 e. The van der Waals surface area contributed by atoms with E-state index in [9.17, 15) is 0 Å². The fourth-order valence-electron chi connectivity index (χ4n) is 3.89. The minimum Gasteiger partial charge on any atom is -0.0654 e. The molecule has 0 bridgehead atoms. The van der Waals surface area contributed by atoms with Gasteiger partial charge < -0.3 is 0 Å². The summed E-state index contributed by atoms with van der Waals surface area (Å²) in [6, 6.07) is 20.2. The largest absolute Gasteiger partial charge is 0.0654 e. The van der Waals surface area contributed by atoms with Crippen LogP contribution in [0.25, 0.3) is 0 Å². The first-order chi connectivity index (χ1) is 10.6. The van der Waals surface area contributed by atoms with Crippen LogP contribution in [0.4, 0.5) is 0 Å². The van der Waals surface area contributed by atoms with Gasteiger partial charge in [-0.05, 0) is 42.2 Å². The minimum atomic E-state index is 0.208. The normalized spacial score (nSPS) is 15.3. The lowest BCUT2D eigenvalue weighted by Crippen LogP contribution is -2.30. The van der Waals surface area contributed by atoms with Gasteiger partial charge >= 0.3 is 0 Å². The summed E-state index contributed by atoms with van der Waals surface area (Å²) in [5.74, 6) is 0.583. The summed E-state index contributed by atoms with van der Waals surface area (Å²) in [5, 5.41) is 0. The van der Waals surface area contributed by atoms with Gasteiger partial charge in [0, 0.05) is 0 Å². The molecule has 0 heterocycles. The Kier molecular flexibility index (Phi) is 5.83. The third-order valence-corrected chi connectivity index (χ3v) is 4.99. The highest BCUT2D eigenvalue weighted by molar-refractivity contribution is 5.34. The summed E-state index contributed by atoms with van der Waals surface area (Å²) < 4.78 is 0. The SMILES string of the molecule is CCCC(c1cccc(C)c1)C(C)(CCC)c1ccccc1. The van der Waals surface area contributed by atoms with Crippen LogP contribution in [0.2, 0.25) is 0 Å². The van der Waals surface area contributed by atoms with Crippen molar-refractivity contribution in [1.82, 2.24) is 0 Å². The van der Waals surface area contributed by atoms with E-state index in [0.29, 0.717) is 5.92 Å². The molecule has 2 unspecified atom stereocenters. The van der Waals surface area contributed by atoms with E-state index in [-0.39, 0.29) is 5.41 Å². The second-order valence-electron chi connectivity index (χ2n) is 6.79. The van der Waals surface area contributed by atoms with Gasteiger partial charge in [-0.2, -0.15) is 0 Å². The summed E-state index contributed by atoms with van der Waals surface area (Å²) >= 11 is 0. The van der Waals surface area contributed by atoms with Gasteiger partial charge in [-0.25, -0.2) is 0 Å². The molecule has 0 aliphatic heterocycles. The first-order valence-corrected chi connectivity index (χ1v) is 8.74. The molecule has 0 aliphatic rings. The van der Waals surface area contributed by atoms with Crippen LogP contribution in [0.15, 0.2) is 54.6 Å². The zero-order valence-electron chi connectivity index (χ0n) is 14.6. The summed E-state index contributed by atoms with van der Waals surface area (Å²) in [5.41, 5.74) is 4.56. The van der Waals surface area contributed by atoms with Crippen LogP contribution < -0.4 is 0 Å². The molecule has 0 saturated carbocycles. The molecule has 0 aliphatic carbocycles. The lowest BCUT2D eigenvalue weighted by Gasteiger charge is -2.39. The van der Waals surface area contributed by atoms with Gasteiger partial charge in [0.1, 0.15) is 0 Å². The van der Waals surface area contributed by atoms with E-state index in [2.05, 4.69) is 82.3 Å². The van der Waals surface area contributed by atoms with Crippen molar-refractivity contribution in [2.24, 2.45) is 0 Å². The summed E-state index contributed by atoms with van der Waals surface area (Å²) in [6.45, 7) is 9.28. The third-order valence-electron chi connectivity index (χ3n) is 4.99. The molecule has 0 saturated heterocycles. The van der Waals surface area contributed by atoms with Crippen LogP contribution in [0, 0.1) is 6.92 Å². The summed E-state index contributed by atoms with van der Waals surface area (Å²) in [7, 11) is 0. The van der Waals surface area contributed by atoms with Gasteiger partial charge in [0.15, 0.2) is 0 Å². The van der Waals surface area contributed by atoms with E-state index >= 15 is 0 Å². The van der Waals surface area contributed by atoms with Gasteiger partial charge in [-0.1, -0.05) is 93.8 Å². The number of hydrogen-bond acceptors (Lipinski definition) is 0. The molecule has 2 aromatic rings. The molecule has 2 aromatic carbocycles. The van der Waals surface area contributed by atoms with Crippen LogP contribution in [0.3, 0.4) is 0 Å². The Balaban J connectivity index is 2.50. The topological polar surface area (TPSA) is 0 Å². The molecule has 2 atom stereocenters. The summed E-state index contributed by atoms with van der Waals surface area (Å²) in [6.07, 6.45) is 4.92. The number of rotatable bonds is 7. The van der Waals surface area contributed by atoms with Crippen LogP contribution in [0.1, 0.15) is 69.1 Å². The van der Waals surface area contributed by atoms with E-state index in [0.717, 1.165) is 0 Å². The van der Waals surface area contributed by atoms with E-state index in [1.807, 2.05) is 0 Å². The summed E-state index contributed by atoms with van der Waals surface area (Å²) in [4.78, 5) is 0. The average Bonchev–Trinajstić information content (AvgIpc) is 2.53. The number of hydrogen-bond donors (Lipinski definition) is 0. The predicted molar refractivity (Wildman–Crippen MR) is 97.5 cm³/mol. The van der Waals surface area contributed by atoms with Gasteiger partial charge in [-0.15, -0.1) is 0 Å². The molecular weight excluding hydrogens is 264 g/mol. The van der Waals surface area contributed by atoms with E-state index in [1.54, 1.807) is 0 Å². The second-order valence-corrected chi connectivity index (χ2v) is 6.79. The van der Waals surface area contributed by atoms with Crippen molar-refractivity contribution in [3.63, 3.8) is 0 Å². The average molecular weight is 294 g/mol. The molecule has 2 rings (SSSR count). The van der Waals surface area contributed by atoms with E-state index < -0.39 is 0 Å². The number of benzene rings is 2. The molecule has 0 spiro atoms. The number of aryl methyl sites for hydroxylation is 1. The van der Waals surface area contributed by atoms with Crippen LogP contribution in [-0.4, -0.2) is 0 Å². The quantitative estimate of drug-likeness (QED) is 0.537. The van der Waals surface area contributed by atoms with Crippen LogP contribution >= 0.6 is 0 Å². The van der Waals surface area contributed by atoms with Crippen molar-refractivity contribution in [3.8, 4) is 0 Å². The smallest absolute Gasteiger partial charge is 0.000676 e. The Morgan fingerprint density at radius 3 is 2.23 bits per heavy atom. The predicted octanol–water partition coefficient (Wildman–Crippen LogP) is 6.64. The Hall–Kier alpha value is -1.56. The molecular formula is C22H30. The fourth-order valence-corrected chi connectivity index (χ4v) is 3.89. The lowest BCUT2D eigenvalue weighted by atomic mass is 9.65. The van der Waals surface area contributed by atoms with E-state index in [1.165, 1.54) is 42.4 Å². The van der Waals surface area contributed by atoms with E-state index in [4.69, 9.17) is 0 Å². The zero-order valence-corrected chi connectivity index (χ0v) is 14.6. The molecule has 0 N–H and O–H groups in total. The first kappa shape index (κ1) is 16.8. The molecule has 0 fully saturated rings. The van der Waals surface area contributed by atoms with Crippen LogP contribution in [-0.2, 0) is 5.41 Å². The Morgan fingerprint density at radius 2 is 1.64 bits per heavy atom. The highest BCUT2D eigenvalue weighted by Gasteiger charge is 2.35. The van der Waals surface area contributed by atoms with Gasteiger partial charge in [-0.3, -0.25) is 0 Å². The molecule has 0 radical (unpaired) electrons. The van der Waals surface area contributed by atoms with Crippen molar-refractivity contribution in [1.29, 1.82) is 0 Å². The first-order valence-electron chi connectivity index (χ1n) is 8.74. The maximum atomic E-state index is 2.47. The Bertz CT molecular complexity index is 570. The molecule has 0 nitrogen and oxygen atoms in total. The van der Waals surface area contributed by atoms with Gasteiger partial charge in [0.25, 0.3) is 0 Å². The third kappa shape index (κ3) is 3.61. The van der Waals surface area contributed by atoms with Crippen molar-refractivity contribution in [2.45, 2.75) is 64.7 Å². The standard InChI is InChI=1S/C22H30/c1-5-11-21(19-13-10-12-18(3)17-19)22(4,16-6-2)20-14-8-7-9-15-20/h7-10,12-15,17,21H,5-6,11,16H2,1-4H3. The molecule has 0 aromatic heterocycles. The molecule has 0 heteroatoms. The van der Waals surface area contributed by atoms with Gasteiger partial charge in [0.2, 0.25) is 0 Å². The highest BCUT2D eigenvalue weighted by atomic mass is 14.4. The monoisotopic (exact) mass is 294 g/mol. The molecule has 22 heavy (non-hydrogen) atoms. The highest BCUT2D eigenvalue weighted by Crippen LogP contribution is 2.45. The molecule has 118 valence electrons. The Morgan fingerprint density at radius 1 is 0.909 bits per heavy atom. The minimum absolute atomic E-state index is 0.208. The fraction of sp³-hybridized carbons (Fsp3) is 0.455. The molecule has 0 amide bonds. The lowest BCUT2D eigenvalue weighted by molar-refractivity contribution is 0.327. The van der Waals surface area contributed by atoms with Crippen molar-refractivity contribution < 1.29 is 0 Å². The van der Waals surface area contributed by atoms with Crippen molar-refractivity contribution in [2.75, 3.05) is 0 Å².